The molecular weight excluding hydrogens is 330 g/mol. The lowest BCUT2D eigenvalue weighted by Crippen LogP contribution is -2.47. The van der Waals surface area contributed by atoms with Gasteiger partial charge in [0.2, 0.25) is 11.0 Å². The lowest BCUT2D eigenvalue weighted by atomic mass is 9.99. The van der Waals surface area contributed by atoms with Crippen molar-refractivity contribution in [2.24, 2.45) is 0 Å². The maximum Gasteiger partial charge on any atom is 0.217 e. The van der Waals surface area contributed by atoms with Crippen molar-refractivity contribution < 1.29 is 4.79 Å². The van der Waals surface area contributed by atoms with Crippen molar-refractivity contribution in [3.05, 3.63) is 21.9 Å². The number of carbonyl (C=O) groups is 1. The molecule has 0 aromatic carbocycles. The molecule has 0 spiro atoms. The third-order valence-corrected chi connectivity index (χ3v) is 5.89. The highest BCUT2D eigenvalue weighted by molar-refractivity contribution is 7.10. The van der Waals surface area contributed by atoms with Gasteiger partial charge in [-0.25, -0.2) is 9.97 Å². The number of nitrogens with zero attached hydrogens (tertiary/aromatic N) is 4. The van der Waals surface area contributed by atoms with E-state index in [1.54, 1.807) is 18.3 Å². The van der Waals surface area contributed by atoms with Gasteiger partial charge in [0.05, 0.1) is 0 Å². The highest BCUT2D eigenvalue weighted by atomic mass is 32.1. The third kappa shape index (κ3) is 3.23. The molecule has 0 radical (unpaired) electrons. The Balaban J connectivity index is 1.87. The number of carbonyl (C=O) groups excluding carboxylic acids is 1. The molecule has 1 amide bonds. The Morgan fingerprint density at radius 1 is 1.43 bits per heavy atom. The molecule has 6 nitrogen and oxygen atoms in total. The highest BCUT2D eigenvalue weighted by Crippen LogP contribution is 2.37. The van der Waals surface area contributed by atoms with Crippen molar-refractivity contribution in [2.75, 3.05) is 18.0 Å². The van der Waals surface area contributed by atoms with Crippen molar-refractivity contribution in [1.29, 1.82) is 0 Å². The number of anilines is 1. The first kappa shape index (κ1) is 16.3. The van der Waals surface area contributed by atoms with Gasteiger partial charge < -0.3 is 10.2 Å². The molecule has 0 bridgehead atoms. The van der Waals surface area contributed by atoms with Crippen molar-refractivity contribution in [1.82, 2.24) is 19.7 Å². The molecule has 124 valence electrons. The Kier molecular flexibility index (Phi) is 4.37. The van der Waals surface area contributed by atoms with Crippen molar-refractivity contribution in [3.63, 3.8) is 0 Å². The first-order valence-corrected chi connectivity index (χ1v) is 9.35. The minimum absolute atomic E-state index is 0.0279. The Hall–Kier alpha value is -1.54. The van der Waals surface area contributed by atoms with Gasteiger partial charge in [0, 0.05) is 48.5 Å². The molecule has 0 aliphatic carbocycles. The predicted molar refractivity (Wildman–Crippen MR) is 93.2 cm³/mol. The lowest BCUT2D eigenvalue weighted by Gasteiger charge is -2.27. The summed E-state index contributed by atoms with van der Waals surface area (Å²) in [6, 6.07) is 0. The number of aromatic nitrogens is 3. The van der Waals surface area contributed by atoms with E-state index in [1.165, 1.54) is 11.5 Å². The minimum Gasteiger partial charge on any atom is -0.344 e. The zero-order chi connectivity index (χ0) is 16.6. The molecular formula is C15H21N5OS2. The molecule has 1 aliphatic heterocycles. The summed E-state index contributed by atoms with van der Waals surface area (Å²) >= 11 is 3.04. The summed E-state index contributed by atoms with van der Waals surface area (Å²) in [5.41, 5.74) is 0.570. The molecule has 3 heterocycles. The quantitative estimate of drug-likeness (QED) is 0.917. The standard InChI is InChI=1S/C15H21N5OS2/c1-9(2)12-17-14(23-19-12)20-6-5-15(8-20,18-11(4)21)13-16-10(3)7-22-13/h7,9H,5-6,8H2,1-4H3,(H,18,21). The maximum absolute atomic E-state index is 11.7. The predicted octanol–water partition coefficient (Wildman–Crippen LogP) is 2.67. The van der Waals surface area contributed by atoms with E-state index in [1.807, 2.05) is 12.3 Å². The maximum atomic E-state index is 11.7. The average Bonchev–Trinajstić information content (AvgIpc) is 3.16. The number of hydrogen-bond donors (Lipinski definition) is 1. The van der Waals surface area contributed by atoms with Crippen LogP contribution in [0.25, 0.3) is 0 Å². The molecule has 2 aromatic heterocycles. The molecule has 1 N–H and O–H groups in total. The van der Waals surface area contributed by atoms with Crippen LogP contribution in [-0.4, -0.2) is 33.3 Å². The molecule has 23 heavy (non-hydrogen) atoms. The topological polar surface area (TPSA) is 71.0 Å². The Bertz CT molecular complexity index is 710. The van der Waals surface area contributed by atoms with Gasteiger partial charge in [-0.1, -0.05) is 13.8 Å². The normalized spacial score (nSPS) is 21.2. The van der Waals surface area contributed by atoms with Crippen LogP contribution in [0.15, 0.2) is 5.38 Å². The highest BCUT2D eigenvalue weighted by Gasteiger charge is 2.43. The van der Waals surface area contributed by atoms with Crippen molar-refractivity contribution in [2.45, 2.75) is 45.6 Å². The fourth-order valence-electron chi connectivity index (χ4n) is 2.80. The lowest BCUT2D eigenvalue weighted by molar-refractivity contribution is -0.120. The molecule has 3 rings (SSSR count). The van der Waals surface area contributed by atoms with Gasteiger partial charge in [0.25, 0.3) is 0 Å². The third-order valence-electron chi connectivity index (χ3n) is 3.93. The summed E-state index contributed by atoms with van der Waals surface area (Å²) in [5, 5.41) is 7.07. The van der Waals surface area contributed by atoms with Gasteiger partial charge in [-0.3, -0.25) is 4.79 Å². The first-order chi connectivity index (χ1) is 10.9. The molecule has 1 unspecified atom stereocenters. The van der Waals surface area contributed by atoms with Gasteiger partial charge in [0.15, 0.2) is 0 Å². The molecule has 0 saturated carbocycles. The monoisotopic (exact) mass is 351 g/mol. The number of thiazole rings is 1. The van der Waals surface area contributed by atoms with E-state index >= 15 is 0 Å². The van der Waals surface area contributed by atoms with Crippen LogP contribution < -0.4 is 10.2 Å². The zero-order valence-corrected chi connectivity index (χ0v) is 15.4. The summed E-state index contributed by atoms with van der Waals surface area (Å²) < 4.78 is 4.43. The Morgan fingerprint density at radius 3 is 2.78 bits per heavy atom. The second-order valence-corrected chi connectivity index (χ2v) is 7.91. The SMILES string of the molecule is CC(=O)NC1(c2nc(C)cs2)CCN(c2nc(C(C)C)ns2)C1. The molecule has 2 aromatic rings. The van der Waals surface area contributed by atoms with E-state index in [9.17, 15) is 4.79 Å². The van der Waals surface area contributed by atoms with E-state index in [2.05, 4.69) is 38.4 Å². The van der Waals surface area contributed by atoms with Crippen LogP contribution in [0.5, 0.6) is 0 Å². The minimum atomic E-state index is -0.422. The van der Waals surface area contributed by atoms with Crippen molar-refractivity contribution >= 4 is 33.9 Å². The van der Waals surface area contributed by atoms with E-state index in [-0.39, 0.29) is 5.91 Å². The van der Waals surface area contributed by atoms with E-state index < -0.39 is 5.54 Å². The smallest absolute Gasteiger partial charge is 0.217 e. The first-order valence-electron chi connectivity index (χ1n) is 7.69. The summed E-state index contributed by atoms with van der Waals surface area (Å²) in [7, 11) is 0. The second-order valence-electron chi connectivity index (χ2n) is 6.32. The number of hydrogen-bond acceptors (Lipinski definition) is 7. The van der Waals surface area contributed by atoms with Crippen LogP contribution in [-0.2, 0) is 10.3 Å². The number of nitrogens with one attached hydrogen (secondary N) is 1. The van der Waals surface area contributed by atoms with Crippen LogP contribution in [0.1, 0.15) is 49.6 Å². The van der Waals surface area contributed by atoms with E-state index in [4.69, 9.17) is 0 Å². The molecule has 1 saturated heterocycles. The van der Waals surface area contributed by atoms with E-state index in [0.717, 1.165) is 34.6 Å². The van der Waals surface area contributed by atoms with Gasteiger partial charge in [0.1, 0.15) is 16.4 Å². The number of amides is 1. The van der Waals surface area contributed by atoms with Crippen LogP contribution in [0.3, 0.4) is 0 Å². The summed E-state index contributed by atoms with van der Waals surface area (Å²) in [6.07, 6.45) is 0.829. The van der Waals surface area contributed by atoms with Gasteiger partial charge in [-0.15, -0.1) is 11.3 Å². The Morgan fingerprint density at radius 2 is 2.22 bits per heavy atom. The Labute approximate surface area is 144 Å². The van der Waals surface area contributed by atoms with Crippen molar-refractivity contribution in [3.8, 4) is 0 Å². The largest absolute Gasteiger partial charge is 0.344 e. The average molecular weight is 352 g/mol. The fourth-order valence-corrected chi connectivity index (χ4v) is 4.61. The summed E-state index contributed by atoms with van der Waals surface area (Å²) in [5.74, 6) is 1.18. The van der Waals surface area contributed by atoms with Crippen LogP contribution in [0, 0.1) is 6.92 Å². The van der Waals surface area contributed by atoms with Gasteiger partial charge in [-0.2, -0.15) is 4.37 Å². The zero-order valence-electron chi connectivity index (χ0n) is 13.8. The van der Waals surface area contributed by atoms with Crippen LogP contribution in [0.2, 0.25) is 0 Å². The van der Waals surface area contributed by atoms with Gasteiger partial charge >= 0.3 is 0 Å². The molecule has 1 fully saturated rings. The molecule has 1 aliphatic rings. The fraction of sp³-hybridized carbons (Fsp3) is 0.600. The molecule has 1 atom stereocenters. The second kappa shape index (κ2) is 6.16. The molecule has 8 heteroatoms. The summed E-state index contributed by atoms with van der Waals surface area (Å²) in [6.45, 7) is 9.25. The van der Waals surface area contributed by atoms with Crippen LogP contribution in [0.4, 0.5) is 5.13 Å². The summed E-state index contributed by atoms with van der Waals surface area (Å²) in [4.78, 5) is 23.2. The van der Waals surface area contributed by atoms with Gasteiger partial charge in [-0.05, 0) is 13.3 Å². The van der Waals surface area contributed by atoms with E-state index in [0.29, 0.717) is 12.5 Å². The number of rotatable bonds is 4. The van der Waals surface area contributed by atoms with Crippen LogP contribution >= 0.6 is 22.9 Å². The number of aryl methyl sites for hydroxylation is 1.